The predicted molar refractivity (Wildman–Crippen MR) is 111 cm³/mol. The van der Waals surface area contributed by atoms with Gasteiger partial charge in [-0.25, -0.2) is 14.1 Å². The standard InChI is InChI=1S/C21H21FN6O2/c1-13-11-28(12-23-13)17-9-8-14(10-18(17)29-3)20-25-21(27(2)26-20)24-16-7-5-6-15(22)19(16)30-4/h5-12H,1-4H3,(H,24,25,26). The zero-order valence-corrected chi connectivity index (χ0v) is 17.0. The first kappa shape index (κ1) is 19.4. The number of benzene rings is 2. The number of hydrogen-bond acceptors (Lipinski definition) is 6. The quantitative estimate of drug-likeness (QED) is 0.522. The molecule has 0 saturated heterocycles. The van der Waals surface area contributed by atoms with E-state index in [2.05, 4.69) is 20.4 Å². The Morgan fingerprint density at radius 2 is 1.93 bits per heavy atom. The minimum absolute atomic E-state index is 0.115. The number of methoxy groups -OCH3 is 2. The number of imidazole rings is 1. The van der Waals surface area contributed by atoms with Crippen molar-refractivity contribution in [1.82, 2.24) is 24.3 Å². The molecule has 2 heterocycles. The topological polar surface area (TPSA) is 79.0 Å². The van der Waals surface area contributed by atoms with Gasteiger partial charge < -0.3 is 19.4 Å². The molecule has 1 N–H and O–H groups in total. The van der Waals surface area contributed by atoms with Gasteiger partial charge in [0, 0.05) is 18.8 Å². The van der Waals surface area contributed by atoms with Crippen molar-refractivity contribution in [2.45, 2.75) is 6.92 Å². The van der Waals surface area contributed by atoms with Crippen LogP contribution in [0.15, 0.2) is 48.9 Å². The van der Waals surface area contributed by atoms with Crippen LogP contribution in [0.4, 0.5) is 16.0 Å². The fraction of sp³-hybridized carbons (Fsp3) is 0.190. The third kappa shape index (κ3) is 3.57. The molecule has 4 aromatic rings. The molecule has 0 bridgehead atoms. The van der Waals surface area contributed by atoms with E-state index in [1.165, 1.54) is 13.2 Å². The molecule has 9 heteroatoms. The minimum atomic E-state index is -0.458. The van der Waals surface area contributed by atoms with Gasteiger partial charge in [-0.05, 0) is 37.3 Å². The van der Waals surface area contributed by atoms with Gasteiger partial charge in [-0.1, -0.05) is 6.07 Å². The molecule has 2 aromatic heterocycles. The zero-order chi connectivity index (χ0) is 21.3. The lowest BCUT2D eigenvalue weighted by Gasteiger charge is -2.10. The summed E-state index contributed by atoms with van der Waals surface area (Å²) in [6.45, 7) is 1.93. The van der Waals surface area contributed by atoms with Gasteiger partial charge >= 0.3 is 0 Å². The van der Waals surface area contributed by atoms with Crippen molar-refractivity contribution >= 4 is 11.6 Å². The lowest BCUT2D eigenvalue weighted by atomic mass is 10.1. The predicted octanol–water partition coefficient (Wildman–Crippen LogP) is 3.88. The highest BCUT2D eigenvalue weighted by Crippen LogP contribution is 2.32. The number of ether oxygens (including phenoxy) is 2. The van der Waals surface area contributed by atoms with Crippen molar-refractivity contribution in [2.75, 3.05) is 19.5 Å². The third-order valence-corrected chi connectivity index (χ3v) is 4.61. The van der Waals surface area contributed by atoms with Crippen LogP contribution in [0.25, 0.3) is 17.1 Å². The number of para-hydroxylation sites is 1. The van der Waals surface area contributed by atoms with E-state index in [0.29, 0.717) is 23.2 Å². The van der Waals surface area contributed by atoms with Crippen molar-refractivity contribution in [3.8, 4) is 28.6 Å². The molecule has 0 fully saturated rings. The van der Waals surface area contributed by atoms with E-state index < -0.39 is 5.82 Å². The summed E-state index contributed by atoms with van der Waals surface area (Å²) in [4.78, 5) is 8.81. The van der Waals surface area contributed by atoms with Crippen LogP contribution < -0.4 is 14.8 Å². The van der Waals surface area contributed by atoms with Crippen LogP contribution >= 0.6 is 0 Å². The monoisotopic (exact) mass is 408 g/mol. The Morgan fingerprint density at radius 1 is 1.10 bits per heavy atom. The number of nitrogens with one attached hydrogen (secondary N) is 1. The molecular formula is C21H21FN6O2. The second-order valence-electron chi connectivity index (χ2n) is 6.64. The highest BCUT2D eigenvalue weighted by Gasteiger charge is 2.15. The number of anilines is 2. The smallest absolute Gasteiger partial charge is 0.226 e. The molecule has 0 amide bonds. The van der Waals surface area contributed by atoms with Gasteiger partial charge in [-0.3, -0.25) is 0 Å². The van der Waals surface area contributed by atoms with Crippen LogP contribution in [-0.2, 0) is 7.05 Å². The number of aromatic nitrogens is 5. The van der Waals surface area contributed by atoms with Crippen molar-refractivity contribution in [3.63, 3.8) is 0 Å². The maximum absolute atomic E-state index is 14.0. The van der Waals surface area contributed by atoms with Crippen LogP contribution in [0.3, 0.4) is 0 Å². The second-order valence-corrected chi connectivity index (χ2v) is 6.64. The molecule has 0 unspecified atom stereocenters. The largest absolute Gasteiger partial charge is 0.495 e. The molecule has 8 nitrogen and oxygen atoms in total. The number of nitrogens with zero attached hydrogens (tertiary/aromatic N) is 5. The number of rotatable bonds is 6. The highest BCUT2D eigenvalue weighted by atomic mass is 19.1. The van der Waals surface area contributed by atoms with Gasteiger partial charge in [0.05, 0.1) is 37.6 Å². The maximum atomic E-state index is 14.0. The summed E-state index contributed by atoms with van der Waals surface area (Å²) in [5, 5.41) is 7.54. The molecule has 0 atom stereocenters. The molecule has 2 aromatic carbocycles. The van der Waals surface area contributed by atoms with Crippen molar-refractivity contribution in [1.29, 1.82) is 0 Å². The normalized spacial score (nSPS) is 10.8. The molecule has 0 radical (unpaired) electrons. The first-order valence-corrected chi connectivity index (χ1v) is 9.20. The minimum Gasteiger partial charge on any atom is -0.495 e. The first-order chi connectivity index (χ1) is 14.5. The number of halogens is 1. The van der Waals surface area contributed by atoms with Crippen LogP contribution in [-0.4, -0.2) is 38.5 Å². The van der Waals surface area contributed by atoms with Gasteiger partial charge in [0.25, 0.3) is 0 Å². The van der Waals surface area contributed by atoms with E-state index in [9.17, 15) is 4.39 Å². The molecule has 4 rings (SSSR count). The molecule has 30 heavy (non-hydrogen) atoms. The SMILES string of the molecule is COc1cc(-c2nc(Nc3cccc(F)c3OC)n(C)n2)ccc1-n1cnc(C)c1. The Balaban J connectivity index is 1.67. The molecule has 0 spiro atoms. The Labute approximate surface area is 172 Å². The van der Waals surface area contributed by atoms with Crippen molar-refractivity contribution in [3.05, 3.63) is 60.4 Å². The fourth-order valence-corrected chi connectivity index (χ4v) is 3.13. The van der Waals surface area contributed by atoms with E-state index in [0.717, 1.165) is 16.9 Å². The van der Waals surface area contributed by atoms with Crippen LogP contribution in [0.5, 0.6) is 11.5 Å². The fourth-order valence-electron chi connectivity index (χ4n) is 3.13. The first-order valence-electron chi connectivity index (χ1n) is 9.20. The molecule has 0 aliphatic rings. The number of aryl methyl sites for hydroxylation is 2. The number of hydrogen-bond donors (Lipinski definition) is 1. The van der Waals surface area contributed by atoms with E-state index in [4.69, 9.17) is 9.47 Å². The Hall–Kier alpha value is -3.88. The molecular weight excluding hydrogens is 387 g/mol. The molecule has 0 aliphatic heterocycles. The van der Waals surface area contributed by atoms with E-state index in [-0.39, 0.29) is 5.75 Å². The Kier molecular flexibility index (Phi) is 5.09. The summed E-state index contributed by atoms with van der Waals surface area (Å²) < 4.78 is 28.1. The van der Waals surface area contributed by atoms with E-state index in [1.54, 1.807) is 37.3 Å². The second kappa shape index (κ2) is 7.86. The summed E-state index contributed by atoms with van der Waals surface area (Å²) >= 11 is 0. The summed E-state index contributed by atoms with van der Waals surface area (Å²) in [5.74, 6) is 1.27. The zero-order valence-electron chi connectivity index (χ0n) is 17.0. The van der Waals surface area contributed by atoms with Gasteiger partial charge in [-0.2, -0.15) is 4.98 Å². The Morgan fingerprint density at radius 3 is 2.63 bits per heavy atom. The Bertz CT molecular complexity index is 1200. The van der Waals surface area contributed by atoms with Crippen LogP contribution in [0.2, 0.25) is 0 Å². The van der Waals surface area contributed by atoms with Crippen LogP contribution in [0, 0.1) is 12.7 Å². The van der Waals surface area contributed by atoms with Gasteiger partial charge in [0.1, 0.15) is 5.75 Å². The van der Waals surface area contributed by atoms with Crippen molar-refractivity contribution < 1.29 is 13.9 Å². The van der Waals surface area contributed by atoms with E-state index >= 15 is 0 Å². The average Bonchev–Trinajstić information content (AvgIpc) is 3.33. The van der Waals surface area contributed by atoms with Crippen LogP contribution in [0.1, 0.15) is 5.69 Å². The van der Waals surface area contributed by atoms with Gasteiger partial charge in [0.2, 0.25) is 5.95 Å². The summed E-state index contributed by atoms with van der Waals surface area (Å²) in [5.41, 5.74) is 3.02. The third-order valence-electron chi connectivity index (χ3n) is 4.61. The maximum Gasteiger partial charge on any atom is 0.226 e. The lowest BCUT2D eigenvalue weighted by Crippen LogP contribution is -2.02. The summed E-state index contributed by atoms with van der Waals surface area (Å²) in [7, 11) is 4.78. The molecule has 0 saturated carbocycles. The lowest BCUT2D eigenvalue weighted by molar-refractivity contribution is 0.388. The average molecular weight is 408 g/mol. The van der Waals surface area contributed by atoms with Gasteiger partial charge in [-0.15, -0.1) is 5.10 Å². The summed E-state index contributed by atoms with van der Waals surface area (Å²) in [6.07, 6.45) is 3.66. The van der Waals surface area contributed by atoms with E-state index in [1.807, 2.05) is 35.9 Å². The van der Waals surface area contributed by atoms with Crippen molar-refractivity contribution in [2.24, 2.45) is 7.05 Å². The molecule has 154 valence electrons. The molecule has 0 aliphatic carbocycles. The highest BCUT2D eigenvalue weighted by molar-refractivity contribution is 5.67. The summed E-state index contributed by atoms with van der Waals surface area (Å²) in [6, 6.07) is 10.3. The van der Waals surface area contributed by atoms with Gasteiger partial charge in [0.15, 0.2) is 17.4 Å².